The lowest BCUT2D eigenvalue weighted by Gasteiger charge is -2.31. The van der Waals surface area contributed by atoms with Crippen LogP contribution < -0.4 is 4.90 Å². The molecule has 0 aliphatic carbocycles. The van der Waals surface area contributed by atoms with Gasteiger partial charge in [-0.2, -0.15) is 0 Å². The Hall–Kier alpha value is -4.06. The number of fused-ring (bicyclic) bond motifs is 2. The third-order valence-electron chi connectivity index (χ3n) is 8.86. The van der Waals surface area contributed by atoms with Gasteiger partial charge in [0.05, 0.1) is 22.5 Å². The van der Waals surface area contributed by atoms with Crippen LogP contribution in [-0.2, 0) is 6.42 Å². The van der Waals surface area contributed by atoms with E-state index in [1.807, 2.05) is 24.4 Å². The first-order valence-electron chi connectivity index (χ1n) is 15.7. The second-order valence-corrected chi connectivity index (χ2v) is 13.7. The number of carbonyl (C=O) groups excluding carboxylic acids is 2. The molecule has 0 unspecified atom stereocenters. The molecule has 0 bridgehead atoms. The van der Waals surface area contributed by atoms with E-state index in [4.69, 9.17) is 9.97 Å². The van der Waals surface area contributed by atoms with Gasteiger partial charge in [0.1, 0.15) is 17.3 Å². The van der Waals surface area contributed by atoms with E-state index < -0.39 is 0 Å². The fourth-order valence-corrected chi connectivity index (χ4v) is 8.16. The second kappa shape index (κ2) is 13.0. The Morgan fingerprint density at radius 1 is 0.978 bits per heavy atom. The number of carbonyl (C=O) groups is 2. The minimum Gasteiger partial charge on any atom is -0.305 e. The summed E-state index contributed by atoms with van der Waals surface area (Å²) in [6, 6.07) is 17.8. The number of hydrogen-bond donors (Lipinski definition) is 0. The van der Waals surface area contributed by atoms with E-state index in [-0.39, 0.29) is 17.6 Å². The summed E-state index contributed by atoms with van der Waals surface area (Å²) >= 11 is 3.38. The van der Waals surface area contributed by atoms with Crippen molar-refractivity contribution >= 4 is 51.7 Å². The standard InChI is InChI=1S/C35H35FN6O2S2/c1-3-29-32(39(2)35-38-30(22-45-35)24-9-12-26(36)13-10-24)42-21-25(11-14-31(42)37-29)23-15-18-40(19-16-23)46-20-6-17-41-33(43)27-7-4-5-8-28(27)34(41)44/h4-5,7-14,21-23H,3,6,15-20H2,1-2H3. The number of halogens is 1. The van der Waals surface area contributed by atoms with Crippen molar-refractivity contribution in [3.8, 4) is 11.3 Å². The number of aromatic nitrogens is 3. The molecule has 0 N–H and O–H groups in total. The molecule has 1 saturated heterocycles. The third-order valence-corrected chi connectivity index (χ3v) is 11.0. The number of amides is 2. The van der Waals surface area contributed by atoms with Gasteiger partial charge < -0.3 is 4.90 Å². The summed E-state index contributed by atoms with van der Waals surface area (Å²) in [5.74, 6) is 1.73. The number of piperidine rings is 1. The van der Waals surface area contributed by atoms with Gasteiger partial charge in [0.25, 0.3) is 11.8 Å². The van der Waals surface area contributed by atoms with Gasteiger partial charge in [-0.15, -0.1) is 11.3 Å². The number of hydrogen-bond acceptors (Lipinski definition) is 8. The lowest BCUT2D eigenvalue weighted by molar-refractivity contribution is 0.0654. The van der Waals surface area contributed by atoms with Crippen molar-refractivity contribution in [2.24, 2.45) is 0 Å². The lowest BCUT2D eigenvalue weighted by Crippen LogP contribution is -2.31. The normalized spacial score (nSPS) is 15.7. The van der Waals surface area contributed by atoms with E-state index in [9.17, 15) is 14.0 Å². The number of thiazole rings is 1. The molecule has 2 aliphatic rings. The average Bonchev–Trinajstić information content (AvgIpc) is 3.79. The summed E-state index contributed by atoms with van der Waals surface area (Å²) in [6.07, 6.45) is 5.94. The van der Waals surface area contributed by atoms with Gasteiger partial charge in [-0.1, -0.05) is 37.1 Å². The molecule has 46 heavy (non-hydrogen) atoms. The van der Waals surface area contributed by atoms with E-state index in [1.54, 1.807) is 47.7 Å². The predicted molar refractivity (Wildman–Crippen MR) is 183 cm³/mol. The minimum absolute atomic E-state index is 0.178. The van der Waals surface area contributed by atoms with Crippen LogP contribution in [0.15, 0.2) is 72.2 Å². The maximum Gasteiger partial charge on any atom is 0.261 e. The summed E-state index contributed by atoms with van der Waals surface area (Å²) < 4.78 is 18.1. The quantitative estimate of drug-likeness (QED) is 0.0881. The smallest absolute Gasteiger partial charge is 0.261 e. The first-order valence-corrected chi connectivity index (χ1v) is 17.5. The van der Waals surface area contributed by atoms with Gasteiger partial charge >= 0.3 is 0 Å². The van der Waals surface area contributed by atoms with Crippen LogP contribution in [0.4, 0.5) is 15.3 Å². The molecule has 5 heterocycles. The summed E-state index contributed by atoms with van der Waals surface area (Å²) in [5, 5.41) is 2.87. The van der Waals surface area contributed by atoms with Crippen LogP contribution in [0.3, 0.4) is 0 Å². The molecule has 2 aromatic carbocycles. The molecule has 2 amide bonds. The lowest BCUT2D eigenvalue weighted by atomic mass is 9.91. The summed E-state index contributed by atoms with van der Waals surface area (Å²) in [7, 11) is 2.03. The van der Waals surface area contributed by atoms with Crippen molar-refractivity contribution < 1.29 is 14.0 Å². The Morgan fingerprint density at radius 2 is 1.70 bits per heavy atom. The first kappa shape index (κ1) is 30.6. The molecule has 0 radical (unpaired) electrons. The number of pyridine rings is 1. The zero-order valence-electron chi connectivity index (χ0n) is 25.9. The number of nitrogens with zero attached hydrogens (tertiary/aromatic N) is 6. The Balaban J connectivity index is 0.976. The van der Waals surface area contributed by atoms with Gasteiger partial charge in [0.15, 0.2) is 5.13 Å². The van der Waals surface area contributed by atoms with E-state index in [1.165, 1.54) is 22.6 Å². The highest BCUT2D eigenvalue weighted by atomic mass is 32.2. The molecule has 0 saturated carbocycles. The molecule has 7 rings (SSSR count). The van der Waals surface area contributed by atoms with Crippen LogP contribution in [0.5, 0.6) is 0 Å². The fraction of sp³-hybridized carbons (Fsp3) is 0.314. The van der Waals surface area contributed by atoms with Crippen molar-refractivity contribution in [3.63, 3.8) is 0 Å². The Labute approximate surface area is 276 Å². The largest absolute Gasteiger partial charge is 0.305 e. The molecule has 0 atom stereocenters. The zero-order chi connectivity index (χ0) is 31.8. The predicted octanol–water partition coefficient (Wildman–Crippen LogP) is 7.44. The first-order chi connectivity index (χ1) is 22.4. The van der Waals surface area contributed by atoms with E-state index in [0.29, 0.717) is 23.6 Å². The Kier molecular flexibility index (Phi) is 8.63. The molecule has 11 heteroatoms. The fourth-order valence-electron chi connectivity index (χ4n) is 6.37. The molecular formula is C35H35FN6O2S2. The molecular weight excluding hydrogens is 620 g/mol. The maximum atomic E-state index is 13.4. The molecule has 236 valence electrons. The van der Waals surface area contributed by atoms with Gasteiger partial charge in [0, 0.05) is 49.6 Å². The summed E-state index contributed by atoms with van der Waals surface area (Å²) in [5.41, 5.74) is 5.99. The van der Waals surface area contributed by atoms with Crippen molar-refractivity contribution in [2.45, 2.75) is 38.5 Å². The number of anilines is 2. The molecule has 2 aliphatic heterocycles. The topological polar surface area (TPSA) is 74.1 Å². The highest BCUT2D eigenvalue weighted by molar-refractivity contribution is 7.97. The molecule has 8 nitrogen and oxygen atoms in total. The van der Waals surface area contributed by atoms with Crippen LogP contribution in [-0.4, -0.2) is 67.8 Å². The van der Waals surface area contributed by atoms with Gasteiger partial charge in [-0.3, -0.25) is 23.2 Å². The summed E-state index contributed by atoms with van der Waals surface area (Å²) in [4.78, 5) is 38.6. The number of benzene rings is 2. The highest BCUT2D eigenvalue weighted by Crippen LogP contribution is 2.36. The van der Waals surface area contributed by atoms with E-state index >= 15 is 0 Å². The molecule has 1 fully saturated rings. The molecule has 0 spiro atoms. The van der Waals surface area contributed by atoms with Gasteiger partial charge in [0.2, 0.25) is 0 Å². The van der Waals surface area contributed by atoms with Crippen molar-refractivity contribution in [3.05, 3.63) is 100 Å². The number of imidazole rings is 1. The second-order valence-electron chi connectivity index (χ2n) is 11.7. The van der Waals surface area contributed by atoms with Gasteiger partial charge in [-0.05, 0) is 79.6 Å². The highest BCUT2D eigenvalue weighted by Gasteiger charge is 2.34. The van der Waals surface area contributed by atoms with Crippen LogP contribution in [0.2, 0.25) is 0 Å². The average molecular weight is 655 g/mol. The van der Waals surface area contributed by atoms with Crippen molar-refractivity contribution in [1.29, 1.82) is 0 Å². The zero-order valence-corrected chi connectivity index (χ0v) is 27.5. The maximum absolute atomic E-state index is 13.4. The minimum atomic E-state index is -0.257. The number of imide groups is 1. The van der Waals surface area contributed by atoms with Crippen LogP contribution >= 0.6 is 23.3 Å². The Bertz CT molecular complexity index is 1860. The van der Waals surface area contributed by atoms with E-state index in [0.717, 1.165) is 78.1 Å². The van der Waals surface area contributed by atoms with Gasteiger partial charge in [-0.25, -0.2) is 14.4 Å². The van der Waals surface area contributed by atoms with Crippen molar-refractivity contribution in [1.82, 2.24) is 23.6 Å². The number of aryl methyl sites for hydroxylation is 1. The Morgan fingerprint density at radius 3 is 2.39 bits per heavy atom. The number of rotatable bonds is 10. The summed E-state index contributed by atoms with van der Waals surface area (Å²) in [6.45, 7) is 4.55. The third kappa shape index (κ3) is 5.83. The van der Waals surface area contributed by atoms with Crippen molar-refractivity contribution in [2.75, 3.05) is 37.3 Å². The van der Waals surface area contributed by atoms with Crippen LogP contribution in [0, 0.1) is 5.82 Å². The molecule has 5 aromatic rings. The monoisotopic (exact) mass is 654 g/mol. The SMILES string of the molecule is CCc1nc2ccc(C3CCN(SCCCN4C(=O)c5ccccc5C4=O)CC3)cn2c1N(C)c1nc(-c2ccc(F)cc2)cs1. The van der Waals surface area contributed by atoms with Crippen LogP contribution in [0.1, 0.15) is 64.1 Å². The van der Waals surface area contributed by atoms with Crippen LogP contribution in [0.25, 0.3) is 16.9 Å². The van der Waals surface area contributed by atoms with E-state index in [2.05, 4.69) is 38.9 Å². The molecule has 3 aromatic heterocycles.